The molecule has 0 unspecified atom stereocenters. The second kappa shape index (κ2) is 2.61. The number of nitrogens with two attached hydrogens (primary N) is 2. The highest BCUT2D eigenvalue weighted by Crippen LogP contribution is 2.04. The van der Waals surface area contributed by atoms with Crippen LogP contribution in [0.4, 0.5) is 0 Å². The molecule has 1 heterocycles. The first kappa shape index (κ1) is 8.18. The molecule has 0 spiro atoms. The van der Waals surface area contributed by atoms with Crippen molar-refractivity contribution in [2.24, 2.45) is 10.9 Å². The number of nitrogens with zero attached hydrogens (tertiary/aromatic N) is 1. The van der Waals surface area contributed by atoms with Gasteiger partial charge in [0.15, 0.2) is 0 Å². The fourth-order valence-corrected chi connectivity index (χ4v) is 0.930. The van der Waals surface area contributed by atoms with Crippen molar-refractivity contribution in [3.63, 3.8) is 0 Å². The second-order valence-electron chi connectivity index (χ2n) is 1.83. The Labute approximate surface area is 63.3 Å². The lowest BCUT2D eigenvalue weighted by molar-refractivity contribution is 0.496. The van der Waals surface area contributed by atoms with E-state index in [1.54, 1.807) is 0 Å². The van der Waals surface area contributed by atoms with Gasteiger partial charge < -0.3 is 10.2 Å². The molecular formula is C4H7N3O3S. The predicted molar refractivity (Wildman–Crippen MR) is 35.8 cm³/mol. The molecule has 0 aliphatic carbocycles. The standard InChI is InChI=1S/C4H7N3O3S/c5-1-3-7-4(2-10-3)11(6,8)9/h2H,1,5H2,(H2,6,8,9). The minimum absolute atomic E-state index is 0.0511. The third kappa shape index (κ3) is 1.76. The van der Waals surface area contributed by atoms with E-state index in [0.717, 1.165) is 6.26 Å². The molecule has 0 atom stereocenters. The minimum atomic E-state index is -3.75. The summed E-state index contributed by atoms with van der Waals surface area (Å²) in [5, 5.41) is 4.44. The van der Waals surface area contributed by atoms with Crippen LogP contribution in [0.1, 0.15) is 5.89 Å². The first-order chi connectivity index (χ1) is 5.04. The third-order valence-corrected chi connectivity index (χ3v) is 1.77. The van der Waals surface area contributed by atoms with E-state index < -0.39 is 10.0 Å². The Morgan fingerprint density at radius 2 is 2.27 bits per heavy atom. The quantitative estimate of drug-likeness (QED) is 0.588. The van der Waals surface area contributed by atoms with Crippen molar-refractivity contribution in [3.8, 4) is 0 Å². The van der Waals surface area contributed by atoms with Gasteiger partial charge in [0.05, 0.1) is 6.54 Å². The number of hydrogen-bond donors (Lipinski definition) is 2. The van der Waals surface area contributed by atoms with E-state index >= 15 is 0 Å². The summed E-state index contributed by atoms with van der Waals surface area (Å²) in [5.74, 6) is 0.147. The van der Waals surface area contributed by atoms with Crippen molar-refractivity contribution >= 4 is 10.0 Å². The Kier molecular flexibility index (Phi) is 1.94. The summed E-state index contributed by atoms with van der Waals surface area (Å²) in [6.45, 7) is 0.0511. The molecule has 4 N–H and O–H groups in total. The van der Waals surface area contributed by atoms with Gasteiger partial charge in [-0.15, -0.1) is 0 Å². The minimum Gasteiger partial charge on any atom is -0.446 e. The zero-order valence-electron chi connectivity index (χ0n) is 5.52. The van der Waals surface area contributed by atoms with Crippen molar-refractivity contribution < 1.29 is 12.8 Å². The molecule has 0 fully saturated rings. The number of oxazole rings is 1. The average molecular weight is 177 g/mol. The number of aromatic nitrogens is 1. The highest BCUT2D eigenvalue weighted by molar-refractivity contribution is 7.89. The highest BCUT2D eigenvalue weighted by atomic mass is 32.2. The summed E-state index contributed by atoms with van der Waals surface area (Å²) in [7, 11) is -3.75. The van der Waals surface area contributed by atoms with Crippen molar-refractivity contribution in [2.75, 3.05) is 0 Å². The van der Waals surface area contributed by atoms with Gasteiger partial charge in [-0.2, -0.15) is 4.98 Å². The van der Waals surface area contributed by atoms with Crippen molar-refractivity contribution in [3.05, 3.63) is 12.2 Å². The summed E-state index contributed by atoms with van der Waals surface area (Å²) in [4.78, 5) is 3.50. The smallest absolute Gasteiger partial charge is 0.258 e. The molecule has 0 saturated carbocycles. The van der Waals surface area contributed by atoms with E-state index in [1.807, 2.05) is 0 Å². The SMILES string of the molecule is NCc1nc(S(N)(=O)=O)co1. The molecule has 62 valence electrons. The van der Waals surface area contributed by atoms with E-state index in [1.165, 1.54) is 0 Å². The van der Waals surface area contributed by atoms with Gasteiger partial charge in [-0.3, -0.25) is 0 Å². The normalized spacial score (nSPS) is 11.8. The summed E-state index contributed by atoms with van der Waals surface area (Å²) in [6.07, 6.45) is 0.956. The van der Waals surface area contributed by atoms with E-state index in [0.29, 0.717) is 0 Å². The van der Waals surface area contributed by atoms with Crippen LogP contribution in [0.3, 0.4) is 0 Å². The van der Waals surface area contributed by atoms with Gasteiger partial charge in [0.25, 0.3) is 10.0 Å². The fraction of sp³-hybridized carbons (Fsp3) is 0.250. The molecule has 0 aliphatic rings. The van der Waals surface area contributed by atoms with Crippen LogP contribution in [0.5, 0.6) is 0 Å². The molecule has 0 aliphatic heterocycles. The van der Waals surface area contributed by atoms with Gasteiger partial charge in [0.2, 0.25) is 10.9 Å². The molecule has 0 radical (unpaired) electrons. The fourth-order valence-electron chi connectivity index (χ4n) is 0.518. The lowest BCUT2D eigenvalue weighted by Gasteiger charge is -1.85. The summed E-state index contributed by atoms with van der Waals surface area (Å²) in [5.41, 5.74) is 5.11. The molecule has 0 saturated heterocycles. The Hall–Kier alpha value is -0.920. The number of sulfonamides is 1. The molecule has 6 nitrogen and oxygen atoms in total. The number of primary sulfonamides is 1. The highest BCUT2D eigenvalue weighted by Gasteiger charge is 2.12. The van der Waals surface area contributed by atoms with Crippen LogP contribution in [-0.2, 0) is 16.6 Å². The third-order valence-electron chi connectivity index (χ3n) is 0.997. The summed E-state index contributed by atoms with van der Waals surface area (Å²) >= 11 is 0. The second-order valence-corrected chi connectivity index (χ2v) is 3.34. The number of rotatable bonds is 2. The van der Waals surface area contributed by atoms with Crippen LogP contribution in [0.15, 0.2) is 15.7 Å². The van der Waals surface area contributed by atoms with Crippen LogP contribution in [0, 0.1) is 0 Å². The van der Waals surface area contributed by atoms with E-state index in [9.17, 15) is 8.42 Å². The Morgan fingerprint density at radius 1 is 1.64 bits per heavy atom. The molecule has 1 aromatic rings. The van der Waals surface area contributed by atoms with Gasteiger partial charge in [-0.05, 0) is 0 Å². The van der Waals surface area contributed by atoms with Gasteiger partial charge in [-0.25, -0.2) is 13.6 Å². The van der Waals surface area contributed by atoms with E-state index in [4.69, 9.17) is 10.9 Å². The van der Waals surface area contributed by atoms with Gasteiger partial charge in [-0.1, -0.05) is 0 Å². The maximum Gasteiger partial charge on any atom is 0.258 e. The zero-order chi connectivity index (χ0) is 8.48. The summed E-state index contributed by atoms with van der Waals surface area (Å²) in [6, 6.07) is 0. The van der Waals surface area contributed by atoms with Gasteiger partial charge in [0.1, 0.15) is 6.26 Å². The first-order valence-electron chi connectivity index (χ1n) is 2.71. The van der Waals surface area contributed by atoms with E-state index in [2.05, 4.69) is 9.40 Å². The lowest BCUT2D eigenvalue weighted by atomic mass is 10.7. The molecule has 7 heteroatoms. The largest absolute Gasteiger partial charge is 0.446 e. The van der Waals surface area contributed by atoms with Crippen LogP contribution in [0.25, 0.3) is 0 Å². The lowest BCUT2D eigenvalue weighted by Crippen LogP contribution is -2.12. The Bertz CT molecular complexity index is 341. The van der Waals surface area contributed by atoms with Gasteiger partial charge >= 0.3 is 0 Å². The van der Waals surface area contributed by atoms with E-state index in [-0.39, 0.29) is 17.5 Å². The molecule has 1 rings (SSSR count). The molecule has 11 heavy (non-hydrogen) atoms. The topological polar surface area (TPSA) is 112 Å². The van der Waals surface area contributed by atoms with Crippen molar-refractivity contribution in [2.45, 2.75) is 11.6 Å². The molecular weight excluding hydrogens is 170 g/mol. The van der Waals surface area contributed by atoms with Crippen molar-refractivity contribution in [1.29, 1.82) is 0 Å². The summed E-state index contributed by atoms with van der Waals surface area (Å²) < 4.78 is 25.8. The molecule has 0 bridgehead atoms. The maximum absolute atomic E-state index is 10.6. The monoisotopic (exact) mass is 177 g/mol. The molecule has 1 aromatic heterocycles. The Morgan fingerprint density at radius 3 is 2.55 bits per heavy atom. The van der Waals surface area contributed by atoms with Crippen LogP contribution in [-0.4, -0.2) is 13.4 Å². The van der Waals surface area contributed by atoms with Crippen LogP contribution < -0.4 is 10.9 Å². The molecule has 0 aromatic carbocycles. The average Bonchev–Trinajstić information content (AvgIpc) is 2.32. The van der Waals surface area contributed by atoms with Gasteiger partial charge in [0, 0.05) is 0 Å². The number of hydrogen-bond acceptors (Lipinski definition) is 5. The first-order valence-corrected chi connectivity index (χ1v) is 4.26. The zero-order valence-corrected chi connectivity index (χ0v) is 6.34. The van der Waals surface area contributed by atoms with Crippen LogP contribution in [0.2, 0.25) is 0 Å². The maximum atomic E-state index is 10.6. The Balaban J connectivity index is 3.09. The molecule has 0 amide bonds. The van der Waals surface area contributed by atoms with Crippen molar-refractivity contribution in [1.82, 2.24) is 4.98 Å². The predicted octanol–water partition coefficient (Wildman–Crippen LogP) is -1.22. The van der Waals surface area contributed by atoms with Crippen LogP contribution >= 0.6 is 0 Å².